The van der Waals surface area contributed by atoms with Crippen LogP contribution in [-0.2, 0) is 0 Å². The third-order valence-electron chi connectivity index (χ3n) is 1.98. The average Bonchev–Trinajstić information content (AvgIpc) is 2.17. The Balaban J connectivity index is 0.000000810. The summed E-state index contributed by atoms with van der Waals surface area (Å²) in [7, 11) is 0. The molecule has 3 heteroatoms. The van der Waals surface area contributed by atoms with Crippen molar-refractivity contribution < 1.29 is 0 Å². The lowest BCUT2D eigenvalue weighted by Gasteiger charge is -2.04. The molecule has 2 N–H and O–H groups in total. The van der Waals surface area contributed by atoms with Gasteiger partial charge in [-0.15, -0.1) is 12.4 Å². The summed E-state index contributed by atoms with van der Waals surface area (Å²) in [6, 6.07) is 0.516. The minimum Gasteiger partial charge on any atom is -0.328 e. The average molecular weight is 182 g/mol. The Morgan fingerprint density at radius 3 is 2.60 bits per heavy atom. The van der Waals surface area contributed by atoms with Crippen LogP contribution in [0.2, 0.25) is 0 Å². The van der Waals surface area contributed by atoms with Gasteiger partial charge in [0.05, 0.1) is 0 Å². The summed E-state index contributed by atoms with van der Waals surface area (Å²) in [5.41, 5.74) is 5.75. The van der Waals surface area contributed by atoms with Crippen LogP contribution in [0.5, 0.6) is 0 Å². The fourth-order valence-electron chi connectivity index (χ4n) is 1.50. The van der Waals surface area contributed by atoms with Crippen molar-refractivity contribution in [3.8, 4) is 0 Å². The molecule has 1 fully saturated rings. The van der Waals surface area contributed by atoms with Gasteiger partial charge >= 0.3 is 0 Å². The summed E-state index contributed by atoms with van der Waals surface area (Å²) < 4.78 is 0. The fourth-order valence-corrected chi connectivity index (χ4v) is 2.27. The van der Waals surface area contributed by atoms with Gasteiger partial charge in [-0.25, -0.2) is 0 Å². The van der Waals surface area contributed by atoms with E-state index in [1.165, 1.54) is 25.0 Å². The Morgan fingerprint density at radius 1 is 1.50 bits per heavy atom. The highest BCUT2D eigenvalue weighted by Gasteiger charge is 2.20. The largest absolute Gasteiger partial charge is 0.328 e. The van der Waals surface area contributed by atoms with Crippen LogP contribution in [0.4, 0.5) is 0 Å². The molecule has 1 rings (SSSR count). The summed E-state index contributed by atoms with van der Waals surface area (Å²) in [5.74, 6) is 2.24. The minimum atomic E-state index is 0. The first kappa shape index (κ1) is 10.6. The van der Waals surface area contributed by atoms with Crippen LogP contribution in [0.25, 0.3) is 0 Å². The van der Waals surface area contributed by atoms with E-state index in [9.17, 15) is 0 Å². The highest BCUT2D eigenvalue weighted by atomic mass is 35.5. The van der Waals surface area contributed by atoms with Crippen molar-refractivity contribution in [2.24, 2.45) is 11.7 Å². The van der Waals surface area contributed by atoms with Crippen LogP contribution >= 0.6 is 24.2 Å². The Bertz CT molecular complexity index is 87.7. The Morgan fingerprint density at radius 2 is 2.20 bits per heavy atom. The van der Waals surface area contributed by atoms with Crippen molar-refractivity contribution in [2.75, 3.05) is 12.0 Å². The molecule has 1 aliphatic carbocycles. The van der Waals surface area contributed by atoms with E-state index in [2.05, 4.69) is 6.26 Å². The van der Waals surface area contributed by atoms with Gasteiger partial charge in [0.2, 0.25) is 0 Å². The highest BCUT2D eigenvalue weighted by molar-refractivity contribution is 7.98. The zero-order chi connectivity index (χ0) is 6.69. The second-order valence-electron chi connectivity index (χ2n) is 2.89. The second-order valence-corrected chi connectivity index (χ2v) is 3.81. The minimum absolute atomic E-state index is 0. The van der Waals surface area contributed by atoms with E-state index in [4.69, 9.17) is 5.73 Å². The van der Waals surface area contributed by atoms with E-state index >= 15 is 0 Å². The number of hydrogen-bond acceptors (Lipinski definition) is 2. The maximum atomic E-state index is 5.75. The SMILES string of the molecule is CSC[C@H]1CC[C@@H](N)C1.Cl. The predicted molar refractivity (Wildman–Crippen MR) is 50.9 cm³/mol. The van der Waals surface area contributed by atoms with Crippen molar-refractivity contribution >= 4 is 24.2 Å². The monoisotopic (exact) mass is 181 g/mol. The Hall–Kier alpha value is 0.600. The summed E-state index contributed by atoms with van der Waals surface area (Å²) in [6.45, 7) is 0. The summed E-state index contributed by atoms with van der Waals surface area (Å²) in [6.07, 6.45) is 6.05. The predicted octanol–water partition coefficient (Wildman–Crippen LogP) is 1.90. The molecule has 0 aromatic heterocycles. The maximum absolute atomic E-state index is 5.75. The van der Waals surface area contributed by atoms with Crippen LogP contribution in [0.15, 0.2) is 0 Å². The van der Waals surface area contributed by atoms with E-state index in [0.29, 0.717) is 6.04 Å². The molecular weight excluding hydrogens is 166 g/mol. The number of rotatable bonds is 2. The Labute approximate surface area is 73.5 Å². The third-order valence-corrected chi connectivity index (χ3v) is 2.79. The van der Waals surface area contributed by atoms with Gasteiger partial charge < -0.3 is 5.73 Å². The molecule has 0 saturated heterocycles. The summed E-state index contributed by atoms with van der Waals surface area (Å²) >= 11 is 1.95. The normalized spacial score (nSPS) is 31.8. The molecule has 1 aliphatic rings. The van der Waals surface area contributed by atoms with Crippen LogP contribution in [0, 0.1) is 5.92 Å². The van der Waals surface area contributed by atoms with Gasteiger partial charge in [-0.05, 0) is 37.2 Å². The van der Waals surface area contributed by atoms with E-state index in [0.717, 1.165) is 5.92 Å². The number of thioether (sulfide) groups is 1. The van der Waals surface area contributed by atoms with Gasteiger partial charge in [0.25, 0.3) is 0 Å². The molecule has 0 bridgehead atoms. The zero-order valence-electron chi connectivity index (χ0n) is 6.38. The van der Waals surface area contributed by atoms with Crippen molar-refractivity contribution in [1.29, 1.82) is 0 Å². The topological polar surface area (TPSA) is 26.0 Å². The van der Waals surface area contributed by atoms with Gasteiger partial charge in [0, 0.05) is 6.04 Å². The highest BCUT2D eigenvalue weighted by Crippen LogP contribution is 2.26. The molecule has 0 spiro atoms. The van der Waals surface area contributed by atoms with Crippen molar-refractivity contribution in [2.45, 2.75) is 25.3 Å². The molecule has 0 amide bonds. The fraction of sp³-hybridized carbons (Fsp3) is 1.00. The van der Waals surface area contributed by atoms with Crippen LogP contribution in [0.3, 0.4) is 0 Å². The molecule has 0 unspecified atom stereocenters. The quantitative estimate of drug-likeness (QED) is 0.705. The van der Waals surface area contributed by atoms with E-state index < -0.39 is 0 Å². The molecule has 0 heterocycles. The number of halogens is 1. The molecule has 10 heavy (non-hydrogen) atoms. The smallest absolute Gasteiger partial charge is 0.00418 e. The molecule has 1 saturated carbocycles. The van der Waals surface area contributed by atoms with Gasteiger partial charge in [0.1, 0.15) is 0 Å². The molecule has 0 radical (unpaired) electrons. The molecule has 0 aliphatic heterocycles. The number of hydrogen-bond donors (Lipinski definition) is 1. The maximum Gasteiger partial charge on any atom is 0.00418 e. The zero-order valence-corrected chi connectivity index (χ0v) is 8.01. The standard InChI is InChI=1S/C7H15NS.ClH/c1-9-5-6-2-3-7(8)4-6;/h6-7H,2-5,8H2,1H3;1H/t6-,7+;/m0./s1. The second kappa shape index (κ2) is 5.28. The molecule has 2 atom stereocenters. The van der Waals surface area contributed by atoms with Crippen LogP contribution < -0.4 is 5.73 Å². The van der Waals surface area contributed by atoms with Crippen molar-refractivity contribution in [1.82, 2.24) is 0 Å². The Kier molecular flexibility index (Phi) is 5.59. The van der Waals surface area contributed by atoms with E-state index in [-0.39, 0.29) is 12.4 Å². The molecule has 0 aromatic rings. The van der Waals surface area contributed by atoms with E-state index in [1.807, 2.05) is 11.8 Å². The van der Waals surface area contributed by atoms with Gasteiger partial charge in [-0.2, -0.15) is 11.8 Å². The lowest BCUT2D eigenvalue weighted by molar-refractivity contribution is 0.604. The van der Waals surface area contributed by atoms with Gasteiger partial charge in [-0.3, -0.25) is 0 Å². The van der Waals surface area contributed by atoms with Gasteiger partial charge in [-0.1, -0.05) is 0 Å². The van der Waals surface area contributed by atoms with E-state index in [1.54, 1.807) is 0 Å². The first-order valence-electron chi connectivity index (χ1n) is 3.57. The summed E-state index contributed by atoms with van der Waals surface area (Å²) in [4.78, 5) is 0. The van der Waals surface area contributed by atoms with Gasteiger partial charge in [0.15, 0.2) is 0 Å². The lowest BCUT2D eigenvalue weighted by atomic mass is 10.1. The van der Waals surface area contributed by atoms with Crippen molar-refractivity contribution in [3.63, 3.8) is 0 Å². The number of nitrogens with two attached hydrogens (primary N) is 1. The molecule has 1 nitrogen and oxygen atoms in total. The van der Waals surface area contributed by atoms with Crippen molar-refractivity contribution in [3.05, 3.63) is 0 Å². The van der Waals surface area contributed by atoms with Crippen LogP contribution in [0.1, 0.15) is 19.3 Å². The first-order chi connectivity index (χ1) is 4.33. The lowest BCUT2D eigenvalue weighted by Crippen LogP contribution is -2.15. The third kappa shape index (κ3) is 3.13. The first-order valence-corrected chi connectivity index (χ1v) is 4.97. The molecule has 62 valence electrons. The molecular formula is C7H16ClNS. The summed E-state index contributed by atoms with van der Waals surface area (Å²) in [5, 5.41) is 0. The van der Waals surface area contributed by atoms with Crippen LogP contribution in [-0.4, -0.2) is 18.1 Å². The molecule has 0 aromatic carbocycles.